The first-order valence-electron chi connectivity index (χ1n) is 5.53. The monoisotopic (exact) mass is 236 g/mol. The minimum Gasteiger partial charge on any atom is -0.493 e. The topological polar surface area (TPSA) is 55.8 Å². The summed E-state index contributed by atoms with van der Waals surface area (Å²) in [6.07, 6.45) is 0.714. The molecule has 1 aliphatic rings. The van der Waals surface area contributed by atoms with E-state index in [1.54, 1.807) is 14.2 Å². The van der Waals surface area contributed by atoms with Crippen LogP contribution in [0.5, 0.6) is 11.5 Å². The predicted octanol–water partition coefficient (Wildman–Crippen LogP) is 2.20. The first-order chi connectivity index (χ1) is 8.08. The van der Waals surface area contributed by atoms with Crippen molar-refractivity contribution < 1.29 is 19.4 Å². The lowest BCUT2D eigenvalue weighted by atomic mass is 10.0. The lowest BCUT2D eigenvalue weighted by Crippen LogP contribution is -2.01. The maximum atomic E-state index is 10.9. The molecule has 0 amide bonds. The van der Waals surface area contributed by atoms with Gasteiger partial charge in [-0.15, -0.1) is 0 Å². The van der Waals surface area contributed by atoms with E-state index in [9.17, 15) is 4.79 Å². The lowest BCUT2D eigenvalue weighted by molar-refractivity contribution is -0.138. The number of ether oxygens (including phenoxy) is 2. The number of rotatable bonds is 4. The maximum absolute atomic E-state index is 10.9. The van der Waals surface area contributed by atoms with Crippen LogP contribution in [0.3, 0.4) is 0 Å². The first-order valence-corrected chi connectivity index (χ1v) is 5.53. The summed E-state index contributed by atoms with van der Waals surface area (Å²) >= 11 is 0. The van der Waals surface area contributed by atoms with Gasteiger partial charge in [0.05, 0.1) is 20.1 Å². The molecule has 0 aliphatic heterocycles. The molecule has 92 valence electrons. The molecule has 0 spiro atoms. The molecule has 2 rings (SSSR count). The van der Waals surface area contributed by atoms with Gasteiger partial charge in [-0.05, 0) is 42.5 Å². The van der Waals surface area contributed by atoms with Crippen molar-refractivity contribution in [3.63, 3.8) is 0 Å². The van der Waals surface area contributed by atoms with Crippen LogP contribution in [0.2, 0.25) is 0 Å². The molecule has 0 heterocycles. The van der Waals surface area contributed by atoms with Crippen molar-refractivity contribution >= 4 is 5.97 Å². The van der Waals surface area contributed by atoms with Gasteiger partial charge >= 0.3 is 5.97 Å². The second-order valence-corrected chi connectivity index (χ2v) is 4.35. The highest BCUT2D eigenvalue weighted by atomic mass is 16.5. The second kappa shape index (κ2) is 4.28. The number of hydrogen-bond donors (Lipinski definition) is 1. The zero-order valence-electron chi connectivity index (χ0n) is 10.2. The van der Waals surface area contributed by atoms with Crippen LogP contribution in [0.1, 0.15) is 23.5 Å². The zero-order valence-corrected chi connectivity index (χ0v) is 10.2. The van der Waals surface area contributed by atoms with E-state index in [1.807, 2.05) is 19.1 Å². The summed E-state index contributed by atoms with van der Waals surface area (Å²) in [6.45, 7) is 1.97. The summed E-state index contributed by atoms with van der Waals surface area (Å²) in [4.78, 5) is 10.9. The molecular formula is C13H16O4. The average Bonchev–Trinajstić information content (AvgIpc) is 3.08. The van der Waals surface area contributed by atoms with Gasteiger partial charge in [0.2, 0.25) is 0 Å². The van der Waals surface area contributed by atoms with E-state index in [0.29, 0.717) is 17.9 Å². The van der Waals surface area contributed by atoms with Crippen LogP contribution >= 0.6 is 0 Å². The van der Waals surface area contributed by atoms with Crippen molar-refractivity contribution in [2.45, 2.75) is 19.3 Å². The van der Waals surface area contributed by atoms with E-state index in [0.717, 1.165) is 11.1 Å². The van der Waals surface area contributed by atoms with Crippen molar-refractivity contribution in [2.24, 2.45) is 5.92 Å². The van der Waals surface area contributed by atoms with E-state index < -0.39 is 5.97 Å². The van der Waals surface area contributed by atoms with Crippen LogP contribution in [0.4, 0.5) is 0 Å². The molecule has 1 aliphatic carbocycles. The molecule has 1 aromatic carbocycles. The number of carbonyl (C=O) groups is 1. The molecule has 4 nitrogen and oxygen atoms in total. The number of hydrogen-bond acceptors (Lipinski definition) is 3. The normalized spacial score (nSPS) is 22.1. The smallest absolute Gasteiger partial charge is 0.307 e. The third-order valence-electron chi connectivity index (χ3n) is 3.28. The van der Waals surface area contributed by atoms with Crippen LogP contribution in [-0.4, -0.2) is 25.3 Å². The minimum atomic E-state index is -0.718. The fraction of sp³-hybridized carbons (Fsp3) is 0.462. The molecule has 1 aromatic rings. The molecule has 0 saturated heterocycles. The van der Waals surface area contributed by atoms with Crippen LogP contribution in [0, 0.1) is 12.8 Å². The van der Waals surface area contributed by atoms with Crippen molar-refractivity contribution in [2.75, 3.05) is 14.2 Å². The second-order valence-electron chi connectivity index (χ2n) is 4.35. The molecule has 1 fully saturated rings. The molecule has 1 N–H and O–H groups in total. The van der Waals surface area contributed by atoms with Gasteiger partial charge in [0.25, 0.3) is 0 Å². The van der Waals surface area contributed by atoms with E-state index >= 15 is 0 Å². The largest absolute Gasteiger partial charge is 0.493 e. The summed E-state index contributed by atoms with van der Waals surface area (Å²) in [5.41, 5.74) is 2.10. The summed E-state index contributed by atoms with van der Waals surface area (Å²) in [7, 11) is 3.17. The van der Waals surface area contributed by atoms with Gasteiger partial charge in [-0.1, -0.05) is 0 Å². The molecular weight excluding hydrogens is 220 g/mol. The van der Waals surface area contributed by atoms with Crippen LogP contribution in [0.25, 0.3) is 0 Å². The summed E-state index contributed by atoms with van der Waals surface area (Å²) in [5.74, 6) is 0.494. The quantitative estimate of drug-likeness (QED) is 0.870. The first kappa shape index (κ1) is 11.8. The Labute approximate surface area is 100 Å². The highest BCUT2D eigenvalue weighted by molar-refractivity contribution is 5.75. The van der Waals surface area contributed by atoms with Crippen LogP contribution in [-0.2, 0) is 4.79 Å². The van der Waals surface area contributed by atoms with E-state index in [2.05, 4.69) is 0 Å². The Balaban J connectivity index is 2.33. The minimum absolute atomic E-state index is 0.118. The Morgan fingerprint density at radius 1 is 1.29 bits per heavy atom. The van der Waals surface area contributed by atoms with Crippen LogP contribution in [0.15, 0.2) is 12.1 Å². The van der Waals surface area contributed by atoms with Gasteiger partial charge in [0, 0.05) is 0 Å². The average molecular weight is 236 g/mol. The van der Waals surface area contributed by atoms with Crippen molar-refractivity contribution in [1.29, 1.82) is 0 Å². The van der Waals surface area contributed by atoms with Crippen LogP contribution < -0.4 is 9.47 Å². The summed E-state index contributed by atoms with van der Waals surface area (Å²) in [5, 5.41) is 8.95. The Kier molecular flexibility index (Phi) is 2.96. The highest BCUT2D eigenvalue weighted by Gasteiger charge is 2.45. The Hall–Kier alpha value is -1.71. The number of methoxy groups -OCH3 is 2. The highest BCUT2D eigenvalue weighted by Crippen LogP contribution is 2.50. The number of aryl methyl sites for hydroxylation is 1. The number of carboxylic acid groups (broad SMARTS) is 1. The van der Waals surface area contributed by atoms with Gasteiger partial charge in [-0.2, -0.15) is 0 Å². The fourth-order valence-electron chi connectivity index (χ4n) is 2.21. The molecule has 1 saturated carbocycles. The molecule has 2 atom stereocenters. The molecule has 0 aromatic heterocycles. The van der Waals surface area contributed by atoms with E-state index in [4.69, 9.17) is 14.6 Å². The van der Waals surface area contributed by atoms with Crippen molar-refractivity contribution in [1.82, 2.24) is 0 Å². The molecule has 4 heteroatoms. The fourth-order valence-corrected chi connectivity index (χ4v) is 2.21. The van der Waals surface area contributed by atoms with Crippen molar-refractivity contribution in [3.05, 3.63) is 23.3 Å². The van der Waals surface area contributed by atoms with E-state index in [1.165, 1.54) is 0 Å². The lowest BCUT2D eigenvalue weighted by Gasteiger charge is -2.12. The number of aliphatic carboxylic acids is 1. The van der Waals surface area contributed by atoms with Gasteiger partial charge in [-0.3, -0.25) is 4.79 Å². The van der Waals surface area contributed by atoms with E-state index in [-0.39, 0.29) is 11.8 Å². The third kappa shape index (κ3) is 2.07. The van der Waals surface area contributed by atoms with Gasteiger partial charge in [-0.25, -0.2) is 0 Å². The zero-order chi connectivity index (χ0) is 12.6. The maximum Gasteiger partial charge on any atom is 0.307 e. The standard InChI is InChI=1S/C13H16O4/c1-7-4-11(16-2)12(17-3)6-8(7)9-5-10(9)13(14)15/h4,6,9-10H,5H2,1-3H3,(H,14,15). The third-order valence-corrected chi connectivity index (χ3v) is 3.28. The molecule has 0 bridgehead atoms. The Morgan fingerprint density at radius 2 is 1.88 bits per heavy atom. The Bertz CT molecular complexity index is 453. The summed E-state index contributed by atoms with van der Waals surface area (Å²) in [6, 6.07) is 3.78. The van der Waals surface area contributed by atoms with Gasteiger partial charge in [0.1, 0.15) is 0 Å². The predicted molar refractivity (Wildman–Crippen MR) is 62.8 cm³/mol. The van der Waals surface area contributed by atoms with Crippen molar-refractivity contribution in [3.8, 4) is 11.5 Å². The Morgan fingerprint density at radius 3 is 2.35 bits per heavy atom. The number of benzene rings is 1. The molecule has 17 heavy (non-hydrogen) atoms. The number of carboxylic acids is 1. The SMILES string of the molecule is COc1cc(C)c(C2CC2C(=O)O)cc1OC. The molecule has 0 radical (unpaired) electrons. The summed E-state index contributed by atoms with van der Waals surface area (Å²) < 4.78 is 10.4. The van der Waals surface area contributed by atoms with Gasteiger partial charge in [0.15, 0.2) is 11.5 Å². The molecule has 2 unspecified atom stereocenters. The van der Waals surface area contributed by atoms with Gasteiger partial charge < -0.3 is 14.6 Å².